The second-order valence-electron chi connectivity index (χ2n) is 7.13. The van der Waals surface area contributed by atoms with Crippen molar-refractivity contribution in [2.45, 2.75) is 37.6 Å². The van der Waals surface area contributed by atoms with Gasteiger partial charge < -0.3 is 19.5 Å². The summed E-state index contributed by atoms with van der Waals surface area (Å²) in [6, 6.07) is 7.26. The van der Waals surface area contributed by atoms with Crippen molar-refractivity contribution in [2.75, 3.05) is 46.6 Å². The highest BCUT2D eigenvalue weighted by molar-refractivity contribution is 5.77. The summed E-state index contributed by atoms with van der Waals surface area (Å²) in [5.74, 6) is 1.37. The van der Waals surface area contributed by atoms with E-state index in [-0.39, 0.29) is 18.1 Å². The summed E-state index contributed by atoms with van der Waals surface area (Å²) in [6.45, 7) is 4.21. The Labute approximate surface area is 155 Å². The monoisotopic (exact) mass is 362 g/mol. The van der Waals surface area contributed by atoms with Gasteiger partial charge in [-0.25, -0.2) is 0 Å². The van der Waals surface area contributed by atoms with Crippen LogP contribution in [-0.4, -0.2) is 62.9 Å². The lowest BCUT2D eigenvalue weighted by atomic mass is 9.79. The summed E-state index contributed by atoms with van der Waals surface area (Å²) in [4.78, 5) is 14.8. The number of amides is 1. The molecule has 0 bridgehead atoms. The fourth-order valence-corrected chi connectivity index (χ4v) is 3.99. The number of carbonyl (C=O) groups excluding carboxylic acids is 1. The maximum atomic E-state index is 12.3. The molecule has 1 saturated heterocycles. The third kappa shape index (κ3) is 4.89. The van der Waals surface area contributed by atoms with Crippen LogP contribution in [-0.2, 0) is 9.53 Å². The van der Waals surface area contributed by atoms with Crippen molar-refractivity contribution in [1.82, 2.24) is 10.2 Å². The molecule has 2 aliphatic rings. The number of ether oxygens (including phenoxy) is 3. The van der Waals surface area contributed by atoms with Crippen molar-refractivity contribution in [1.29, 1.82) is 0 Å². The van der Waals surface area contributed by atoms with Gasteiger partial charge in [0.25, 0.3) is 5.91 Å². The summed E-state index contributed by atoms with van der Waals surface area (Å²) in [6.07, 6.45) is 6.05. The van der Waals surface area contributed by atoms with Gasteiger partial charge >= 0.3 is 0 Å². The quantitative estimate of drug-likeness (QED) is 0.806. The first-order valence-electron chi connectivity index (χ1n) is 9.58. The van der Waals surface area contributed by atoms with E-state index < -0.39 is 0 Å². The number of hydrogen-bond donors (Lipinski definition) is 1. The lowest BCUT2D eigenvalue weighted by Gasteiger charge is -2.48. The van der Waals surface area contributed by atoms with Crippen LogP contribution in [0, 0.1) is 0 Å². The molecule has 1 aromatic rings. The first-order valence-corrected chi connectivity index (χ1v) is 9.58. The second-order valence-corrected chi connectivity index (χ2v) is 7.13. The maximum absolute atomic E-state index is 12.3. The smallest absolute Gasteiger partial charge is 0.258 e. The Morgan fingerprint density at radius 1 is 1.12 bits per heavy atom. The summed E-state index contributed by atoms with van der Waals surface area (Å²) < 4.78 is 16.2. The fourth-order valence-electron chi connectivity index (χ4n) is 3.99. The van der Waals surface area contributed by atoms with E-state index in [0.29, 0.717) is 12.3 Å². The molecule has 1 N–H and O–H groups in total. The van der Waals surface area contributed by atoms with Crippen LogP contribution in [0.25, 0.3) is 0 Å². The van der Waals surface area contributed by atoms with Crippen molar-refractivity contribution < 1.29 is 19.0 Å². The van der Waals surface area contributed by atoms with Crippen molar-refractivity contribution in [2.24, 2.45) is 0 Å². The van der Waals surface area contributed by atoms with Gasteiger partial charge in [0, 0.05) is 25.2 Å². The third-order valence-electron chi connectivity index (χ3n) is 5.51. The molecule has 26 heavy (non-hydrogen) atoms. The molecule has 1 saturated carbocycles. The van der Waals surface area contributed by atoms with Crippen LogP contribution in [0.1, 0.15) is 32.1 Å². The minimum Gasteiger partial charge on any atom is -0.497 e. The molecule has 0 spiro atoms. The number of methoxy groups -OCH3 is 1. The van der Waals surface area contributed by atoms with Crippen LogP contribution < -0.4 is 14.8 Å². The molecule has 2 fully saturated rings. The zero-order chi connectivity index (χ0) is 18.2. The number of morpholine rings is 1. The Morgan fingerprint density at radius 3 is 2.42 bits per heavy atom. The van der Waals surface area contributed by atoms with Gasteiger partial charge in [0.15, 0.2) is 6.61 Å². The van der Waals surface area contributed by atoms with E-state index in [1.807, 2.05) is 24.3 Å². The molecule has 6 nitrogen and oxygen atoms in total. The zero-order valence-corrected chi connectivity index (χ0v) is 15.7. The summed E-state index contributed by atoms with van der Waals surface area (Å²) in [5.41, 5.74) is 0.0812. The van der Waals surface area contributed by atoms with Gasteiger partial charge in [-0.2, -0.15) is 0 Å². The van der Waals surface area contributed by atoms with Gasteiger partial charge in [0.2, 0.25) is 0 Å². The number of nitrogens with zero attached hydrogens (tertiary/aromatic N) is 1. The topological polar surface area (TPSA) is 60.0 Å². The Kier molecular flexibility index (Phi) is 6.74. The van der Waals surface area contributed by atoms with Gasteiger partial charge in [0.05, 0.1) is 20.3 Å². The Bertz CT molecular complexity index is 564. The average molecular weight is 362 g/mol. The molecule has 1 aliphatic carbocycles. The highest BCUT2D eigenvalue weighted by Gasteiger charge is 2.38. The van der Waals surface area contributed by atoms with E-state index in [1.54, 1.807) is 7.11 Å². The minimum atomic E-state index is -0.0703. The molecule has 0 atom stereocenters. The fraction of sp³-hybridized carbons (Fsp3) is 0.650. The Hall–Kier alpha value is -1.79. The zero-order valence-electron chi connectivity index (χ0n) is 15.7. The first-order chi connectivity index (χ1) is 12.7. The van der Waals surface area contributed by atoms with Crippen molar-refractivity contribution in [3.63, 3.8) is 0 Å². The van der Waals surface area contributed by atoms with E-state index in [1.165, 1.54) is 19.3 Å². The van der Waals surface area contributed by atoms with E-state index in [9.17, 15) is 4.79 Å². The van der Waals surface area contributed by atoms with Gasteiger partial charge in [0.1, 0.15) is 11.5 Å². The molecule has 1 heterocycles. The largest absolute Gasteiger partial charge is 0.497 e. The van der Waals surface area contributed by atoms with Crippen LogP contribution in [0.3, 0.4) is 0 Å². The molecule has 6 heteroatoms. The van der Waals surface area contributed by atoms with Gasteiger partial charge in [-0.1, -0.05) is 19.3 Å². The highest BCUT2D eigenvalue weighted by atomic mass is 16.5. The normalized spacial score (nSPS) is 20.3. The third-order valence-corrected chi connectivity index (χ3v) is 5.51. The van der Waals surface area contributed by atoms with Crippen LogP contribution in [0.2, 0.25) is 0 Å². The number of rotatable bonds is 7. The van der Waals surface area contributed by atoms with Crippen molar-refractivity contribution in [3.8, 4) is 11.5 Å². The summed E-state index contributed by atoms with van der Waals surface area (Å²) >= 11 is 0. The van der Waals surface area contributed by atoms with E-state index >= 15 is 0 Å². The number of benzene rings is 1. The summed E-state index contributed by atoms with van der Waals surface area (Å²) in [7, 11) is 1.62. The van der Waals surface area contributed by atoms with E-state index in [0.717, 1.165) is 44.9 Å². The van der Waals surface area contributed by atoms with E-state index in [4.69, 9.17) is 14.2 Å². The Balaban J connectivity index is 1.50. The molecule has 1 aromatic carbocycles. The molecule has 1 aliphatic heterocycles. The maximum Gasteiger partial charge on any atom is 0.258 e. The molecular formula is C20H30N2O4. The summed E-state index contributed by atoms with van der Waals surface area (Å²) in [5, 5.41) is 3.11. The predicted molar refractivity (Wildman–Crippen MR) is 99.7 cm³/mol. The molecule has 1 amide bonds. The van der Waals surface area contributed by atoms with E-state index in [2.05, 4.69) is 10.2 Å². The highest BCUT2D eigenvalue weighted by Crippen LogP contribution is 2.33. The van der Waals surface area contributed by atoms with Crippen LogP contribution in [0.4, 0.5) is 0 Å². The predicted octanol–water partition coefficient (Wildman–Crippen LogP) is 2.23. The molecule has 0 radical (unpaired) electrons. The molecule has 0 aromatic heterocycles. The number of carbonyl (C=O) groups is 1. The molecule has 144 valence electrons. The molecular weight excluding hydrogens is 332 g/mol. The average Bonchev–Trinajstić information content (AvgIpc) is 2.72. The van der Waals surface area contributed by atoms with Gasteiger partial charge in [-0.05, 0) is 37.1 Å². The minimum absolute atomic E-state index is 0.0333. The standard InChI is InChI=1S/C20H30N2O4/c1-24-17-5-7-18(8-6-17)26-15-19(23)21-16-20(9-3-2-4-10-20)22-11-13-25-14-12-22/h5-8H,2-4,9-16H2,1H3,(H,21,23). The number of nitrogens with one attached hydrogen (secondary N) is 1. The second kappa shape index (κ2) is 9.24. The Morgan fingerprint density at radius 2 is 1.77 bits per heavy atom. The van der Waals surface area contributed by atoms with Crippen molar-refractivity contribution in [3.05, 3.63) is 24.3 Å². The first kappa shape index (κ1) is 19.0. The SMILES string of the molecule is COc1ccc(OCC(=O)NCC2(N3CCOCC3)CCCCC2)cc1. The van der Waals surface area contributed by atoms with Gasteiger partial charge in [-0.3, -0.25) is 9.69 Å². The van der Waals surface area contributed by atoms with Gasteiger partial charge in [-0.15, -0.1) is 0 Å². The number of hydrogen-bond acceptors (Lipinski definition) is 5. The van der Waals surface area contributed by atoms with Crippen molar-refractivity contribution >= 4 is 5.91 Å². The lowest BCUT2D eigenvalue weighted by molar-refractivity contribution is -0.124. The molecule has 3 rings (SSSR count). The van der Waals surface area contributed by atoms with Crippen LogP contribution >= 0.6 is 0 Å². The molecule has 0 unspecified atom stereocenters. The van der Waals surface area contributed by atoms with Crippen LogP contribution in [0.15, 0.2) is 24.3 Å². The lowest BCUT2D eigenvalue weighted by Crippen LogP contribution is -2.60. The van der Waals surface area contributed by atoms with Crippen LogP contribution in [0.5, 0.6) is 11.5 Å².